The summed E-state index contributed by atoms with van der Waals surface area (Å²) in [6.45, 7) is 0.259. The first-order chi connectivity index (χ1) is 15.7. The first kappa shape index (κ1) is 27.2. The molecule has 0 radical (unpaired) electrons. The van der Waals surface area contributed by atoms with Gasteiger partial charge in [0.25, 0.3) is 0 Å². The Kier molecular flexibility index (Phi) is 12.4. The molecule has 0 amide bonds. The molecule has 0 spiro atoms. The average molecular weight is 464 g/mol. The summed E-state index contributed by atoms with van der Waals surface area (Å²) in [5, 5.41) is 17.0. The monoisotopic (exact) mass is 464 g/mol. The normalized spacial score (nSPS) is 10.5. The Morgan fingerprint density at radius 3 is 1.82 bits per heavy atom. The van der Waals surface area contributed by atoms with Crippen LogP contribution in [-0.2, 0) is 33.4 Å². The number of carboxylic acid groups (broad SMARTS) is 1. The summed E-state index contributed by atoms with van der Waals surface area (Å²) in [6.07, 6.45) is 2.92. The molecule has 0 bridgehead atoms. The Bertz CT molecular complexity index is 884. The van der Waals surface area contributed by atoms with Gasteiger partial charge >= 0.3 is 35.8 Å². The number of esters is 5. The molecule has 0 aromatic heterocycles. The summed E-state index contributed by atoms with van der Waals surface area (Å²) in [4.78, 5) is 68.7. The standard InChI is InChI=1S/C22H24O11/c23-13-3-4-14-31-18(26)5-1-2-6-19(27)32-21(29)15-7-9-16(10-8-15)22(30)33-20(28)12-11-17(24)25/h7-12,23H,1-6,13-14H2,(H,24,25)/b12-11-. The van der Waals surface area contributed by atoms with Crippen molar-refractivity contribution in [2.45, 2.75) is 38.5 Å². The molecule has 0 fully saturated rings. The van der Waals surface area contributed by atoms with Crippen molar-refractivity contribution in [1.82, 2.24) is 0 Å². The molecule has 0 unspecified atom stereocenters. The van der Waals surface area contributed by atoms with Gasteiger partial charge in [-0.3, -0.25) is 9.59 Å². The van der Waals surface area contributed by atoms with Crippen molar-refractivity contribution >= 4 is 35.8 Å². The van der Waals surface area contributed by atoms with Gasteiger partial charge in [-0.1, -0.05) is 0 Å². The molecule has 1 rings (SSSR count). The van der Waals surface area contributed by atoms with Crippen LogP contribution in [0.1, 0.15) is 59.2 Å². The average Bonchev–Trinajstić information content (AvgIpc) is 2.78. The summed E-state index contributed by atoms with van der Waals surface area (Å²) in [5.74, 6) is -5.75. The third-order valence-electron chi connectivity index (χ3n) is 3.95. The summed E-state index contributed by atoms with van der Waals surface area (Å²) >= 11 is 0. The molecule has 33 heavy (non-hydrogen) atoms. The van der Waals surface area contributed by atoms with Crippen molar-refractivity contribution in [2.24, 2.45) is 0 Å². The van der Waals surface area contributed by atoms with Crippen molar-refractivity contribution in [3.8, 4) is 0 Å². The molecule has 0 heterocycles. The van der Waals surface area contributed by atoms with Crippen LogP contribution < -0.4 is 0 Å². The molecule has 1 aromatic rings. The van der Waals surface area contributed by atoms with Crippen LogP contribution >= 0.6 is 0 Å². The molecular weight excluding hydrogens is 440 g/mol. The molecule has 1 aromatic carbocycles. The Labute approximate surface area is 188 Å². The predicted molar refractivity (Wildman–Crippen MR) is 110 cm³/mol. The molecular formula is C22H24O11. The number of carbonyl (C=O) groups is 6. The quantitative estimate of drug-likeness (QED) is 0.143. The molecule has 0 aliphatic rings. The highest BCUT2D eigenvalue weighted by Crippen LogP contribution is 2.10. The smallest absolute Gasteiger partial charge is 0.346 e. The number of carbonyl (C=O) groups excluding carboxylic acids is 5. The van der Waals surface area contributed by atoms with Gasteiger partial charge in [0, 0.05) is 31.6 Å². The lowest BCUT2D eigenvalue weighted by Gasteiger charge is -2.05. The highest BCUT2D eigenvalue weighted by atomic mass is 16.6. The first-order valence-corrected chi connectivity index (χ1v) is 10.0. The Hall–Kier alpha value is -3.86. The second kappa shape index (κ2) is 15.0. The van der Waals surface area contributed by atoms with E-state index in [1.54, 1.807) is 0 Å². The number of ether oxygens (including phenoxy) is 3. The summed E-state index contributed by atoms with van der Waals surface area (Å²) < 4.78 is 14.1. The molecule has 0 aliphatic carbocycles. The number of hydrogen-bond acceptors (Lipinski definition) is 10. The van der Waals surface area contributed by atoms with Crippen LogP contribution in [0, 0.1) is 0 Å². The fourth-order valence-corrected chi connectivity index (χ4v) is 2.29. The zero-order valence-corrected chi connectivity index (χ0v) is 17.7. The van der Waals surface area contributed by atoms with Crippen LogP contribution in [0.15, 0.2) is 36.4 Å². The molecule has 0 saturated heterocycles. The summed E-state index contributed by atoms with van der Waals surface area (Å²) in [7, 11) is 0. The number of aliphatic hydroxyl groups excluding tert-OH is 1. The van der Waals surface area contributed by atoms with E-state index >= 15 is 0 Å². The first-order valence-electron chi connectivity index (χ1n) is 10.0. The van der Waals surface area contributed by atoms with Crippen LogP contribution in [0.2, 0.25) is 0 Å². The Morgan fingerprint density at radius 2 is 1.27 bits per heavy atom. The maximum absolute atomic E-state index is 12.0. The van der Waals surface area contributed by atoms with Gasteiger partial charge in [0.05, 0.1) is 17.7 Å². The Morgan fingerprint density at radius 1 is 0.727 bits per heavy atom. The van der Waals surface area contributed by atoms with E-state index in [2.05, 4.69) is 4.74 Å². The highest BCUT2D eigenvalue weighted by molar-refractivity contribution is 6.02. The van der Waals surface area contributed by atoms with Crippen LogP contribution in [0.25, 0.3) is 0 Å². The molecule has 178 valence electrons. The second-order valence-corrected chi connectivity index (χ2v) is 6.58. The van der Waals surface area contributed by atoms with Gasteiger partial charge in [-0.2, -0.15) is 0 Å². The van der Waals surface area contributed by atoms with Gasteiger partial charge in [-0.25, -0.2) is 19.2 Å². The van der Waals surface area contributed by atoms with E-state index in [0.29, 0.717) is 37.8 Å². The van der Waals surface area contributed by atoms with Crippen LogP contribution in [-0.4, -0.2) is 59.2 Å². The highest BCUT2D eigenvalue weighted by Gasteiger charge is 2.16. The van der Waals surface area contributed by atoms with E-state index in [1.165, 1.54) is 24.3 Å². The zero-order valence-electron chi connectivity index (χ0n) is 17.7. The van der Waals surface area contributed by atoms with Crippen molar-refractivity contribution < 1.29 is 53.2 Å². The third kappa shape index (κ3) is 11.9. The number of aliphatic hydroxyl groups is 1. The van der Waals surface area contributed by atoms with Gasteiger partial charge in [0.1, 0.15) is 0 Å². The second-order valence-electron chi connectivity index (χ2n) is 6.58. The number of hydrogen-bond donors (Lipinski definition) is 2. The van der Waals surface area contributed by atoms with Crippen molar-refractivity contribution in [1.29, 1.82) is 0 Å². The van der Waals surface area contributed by atoms with Crippen LogP contribution in [0.3, 0.4) is 0 Å². The number of rotatable bonds is 13. The van der Waals surface area contributed by atoms with Gasteiger partial charge in [0.15, 0.2) is 0 Å². The zero-order chi connectivity index (χ0) is 24.6. The Balaban J connectivity index is 2.37. The largest absolute Gasteiger partial charge is 0.478 e. The van der Waals surface area contributed by atoms with E-state index in [0.717, 1.165) is 0 Å². The van der Waals surface area contributed by atoms with Crippen LogP contribution in [0.5, 0.6) is 0 Å². The topological polar surface area (TPSA) is 171 Å². The van der Waals surface area contributed by atoms with Gasteiger partial charge in [-0.15, -0.1) is 0 Å². The van der Waals surface area contributed by atoms with Crippen molar-refractivity contribution in [3.05, 3.63) is 47.5 Å². The molecule has 0 aliphatic heterocycles. The maximum Gasteiger partial charge on any atom is 0.346 e. The SMILES string of the molecule is O=C(O)/C=C\C(=O)OC(=O)c1ccc(C(=O)OC(=O)CCCCC(=O)OCCCCO)cc1. The molecule has 0 atom stereocenters. The maximum atomic E-state index is 12.0. The van der Waals surface area contributed by atoms with Gasteiger partial charge in [-0.05, 0) is 49.9 Å². The van der Waals surface area contributed by atoms with Crippen molar-refractivity contribution in [2.75, 3.05) is 13.2 Å². The van der Waals surface area contributed by atoms with E-state index in [4.69, 9.17) is 19.7 Å². The number of unbranched alkanes of at least 4 members (excludes halogenated alkanes) is 2. The van der Waals surface area contributed by atoms with Gasteiger partial charge < -0.3 is 24.4 Å². The minimum absolute atomic E-state index is 0.0246. The predicted octanol–water partition coefficient (Wildman–Crippen LogP) is 1.57. The molecule has 2 N–H and O–H groups in total. The van der Waals surface area contributed by atoms with E-state index in [1.807, 2.05) is 0 Å². The number of carboxylic acids is 1. The minimum Gasteiger partial charge on any atom is -0.478 e. The van der Waals surface area contributed by atoms with E-state index in [-0.39, 0.29) is 37.2 Å². The number of aliphatic carboxylic acids is 1. The number of benzene rings is 1. The fourth-order valence-electron chi connectivity index (χ4n) is 2.29. The lowest BCUT2D eigenvalue weighted by atomic mass is 10.1. The van der Waals surface area contributed by atoms with Crippen LogP contribution in [0.4, 0.5) is 0 Å². The minimum atomic E-state index is -1.38. The summed E-state index contributed by atoms with van der Waals surface area (Å²) in [5.41, 5.74) is -0.110. The van der Waals surface area contributed by atoms with E-state index < -0.39 is 35.8 Å². The lowest BCUT2D eigenvalue weighted by Crippen LogP contribution is -2.14. The van der Waals surface area contributed by atoms with E-state index in [9.17, 15) is 28.8 Å². The molecule has 0 saturated carbocycles. The summed E-state index contributed by atoms with van der Waals surface area (Å²) in [6, 6.07) is 4.72. The van der Waals surface area contributed by atoms with Gasteiger partial charge in [0.2, 0.25) is 0 Å². The fraction of sp³-hybridized carbons (Fsp3) is 0.364. The molecule has 11 nitrogen and oxygen atoms in total. The lowest BCUT2D eigenvalue weighted by molar-refractivity contribution is -0.144. The molecule has 11 heteroatoms. The third-order valence-corrected chi connectivity index (χ3v) is 3.95. The van der Waals surface area contributed by atoms with Crippen molar-refractivity contribution in [3.63, 3.8) is 0 Å².